The molecule has 2 heterocycles. The number of carbonyl (C=O) groups is 2. The van der Waals surface area contributed by atoms with E-state index in [4.69, 9.17) is 30.4 Å². The average molecular weight is 1140 g/mol. The minimum absolute atomic E-state index is 0.173. The van der Waals surface area contributed by atoms with Gasteiger partial charge in [-0.2, -0.15) is 29.9 Å². The van der Waals surface area contributed by atoms with E-state index in [0.29, 0.717) is 159 Å². The lowest BCUT2D eigenvalue weighted by molar-refractivity contribution is -0.119. The van der Waals surface area contributed by atoms with E-state index in [1.54, 1.807) is 12.1 Å². The van der Waals surface area contributed by atoms with E-state index in [1.165, 1.54) is 49.8 Å². The highest BCUT2D eigenvalue weighted by atomic mass is 19.1. The first-order valence-corrected chi connectivity index (χ1v) is 29.5. The molecule has 6 aromatic rings. The molecule has 83 heavy (non-hydrogen) atoms. The lowest BCUT2D eigenvalue weighted by Gasteiger charge is -2.21. The number of hydrogen-bond acceptors (Lipinski definition) is 20. The number of rotatable bonds is 40. The molecule has 0 atom stereocenters. The Bertz CT molecular complexity index is 2730. The van der Waals surface area contributed by atoms with E-state index >= 15 is 0 Å². The van der Waals surface area contributed by atoms with Gasteiger partial charge in [0.2, 0.25) is 35.7 Å². The molecule has 7 rings (SSSR count). The summed E-state index contributed by atoms with van der Waals surface area (Å²) in [6.45, 7) is 10.1. The Morgan fingerprint density at radius 1 is 0.494 bits per heavy atom. The molecule has 0 saturated heterocycles. The van der Waals surface area contributed by atoms with Gasteiger partial charge in [-0.1, -0.05) is 99.3 Å². The largest absolute Gasteiger partial charge is 0.379 e. The van der Waals surface area contributed by atoms with Gasteiger partial charge in [0.15, 0.2) is 0 Å². The average Bonchev–Trinajstić information content (AvgIpc) is 3.56. The zero-order valence-electron chi connectivity index (χ0n) is 48.4. The molecule has 0 radical (unpaired) electrons. The van der Waals surface area contributed by atoms with Gasteiger partial charge in [-0.3, -0.25) is 9.59 Å². The number of ether oxygens (including phenoxy) is 4. The summed E-state index contributed by atoms with van der Waals surface area (Å²) in [6, 6.07) is 32.1. The van der Waals surface area contributed by atoms with E-state index < -0.39 is 0 Å². The van der Waals surface area contributed by atoms with Crippen LogP contribution in [0.3, 0.4) is 0 Å². The number of aromatic nitrogens is 6. The number of nitrogens with one attached hydrogen (secondary N) is 6. The fraction of sp³-hybridized carbons (Fsp3) is 0.484. The molecule has 4 aromatic carbocycles. The summed E-state index contributed by atoms with van der Waals surface area (Å²) >= 11 is 0. The first-order valence-electron chi connectivity index (χ1n) is 29.5. The molecule has 10 N–H and O–H groups in total. The molecule has 2 aromatic heterocycles. The predicted octanol–water partition coefficient (Wildman–Crippen LogP) is 9.61. The van der Waals surface area contributed by atoms with Crippen LogP contribution in [0.2, 0.25) is 0 Å². The van der Waals surface area contributed by atoms with Crippen molar-refractivity contribution in [3.8, 4) is 0 Å². The second-order valence-corrected chi connectivity index (χ2v) is 20.2. The lowest BCUT2D eigenvalue weighted by Crippen LogP contribution is -2.19. The van der Waals surface area contributed by atoms with Crippen molar-refractivity contribution in [1.29, 1.82) is 0 Å². The predicted molar refractivity (Wildman–Crippen MR) is 327 cm³/mol. The van der Waals surface area contributed by atoms with E-state index in [0.717, 1.165) is 60.4 Å². The maximum Gasteiger partial charge on any atom is 0.233 e. The van der Waals surface area contributed by atoms with Crippen LogP contribution in [-0.2, 0) is 54.3 Å². The molecule has 0 spiro atoms. The topological polar surface area (TPSA) is 273 Å². The molecule has 0 unspecified atom stereocenters. The fourth-order valence-electron chi connectivity index (χ4n) is 8.79. The Kier molecular flexibility index (Phi) is 30.7. The summed E-state index contributed by atoms with van der Waals surface area (Å²) in [6.07, 6.45) is 12.4. The third kappa shape index (κ3) is 27.6. The van der Waals surface area contributed by atoms with Gasteiger partial charge in [0, 0.05) is 89.5 Å². The normalized spacial score (nSPS) is 12.2. The van der Waals surface area contributed by atoms with Crippen LogP contribution in [-0.4, -0.2) is 127 Å². The van der Waals surface area contributed by atoms with Crippen molar-refractivity contribution in [3.63, 3.8) is 0 Å². The van der Waals surface area contributed by atoms with Gasteiger partial charge in [-0.05, 0) is 103 Å². The van der Waals surface area contributed by atoms with Crippen molar-refractivity contribution >= 4 is 58.6 Å². The van der Waals surface area contributed by atoms with Crippen molar-refractivity contribution in [2.75, 3.05) is 117 Å². The second-order valence-electron chi connectivity index (χ2n) is 20.2. The highest BCUT2D eigenvalue weighted by molar-refractivity contribution is 5.81. The maximum atomic E-state index is 13.3. The number of Topliss-reactive ketones (excluding diaryl/α,β-unsaturated/α-hetero) is 2. The number of unbranched alkanes of at least 4 members (excludes halogenated alkanes) is 1. The number of halogens is 1. The minimum Gasteiger partial charge on any atom is -0.379 e. The smallest absolute Gasteiger partial charge is 0.233 e. The number of hydrogen-bond donors (Lipinski definition) is 8. The molecule has 0 amide bonds. The van der Waals surface area contributed by atoms with Gasteiger partial charge in [-0.25, -0.2) is 4.39 Å². The second kappa shape index (κ2) is 39.3. The quantitative estimate of drug-likeness (QED) is 0.0166. The number of nitrogens with two attached hydrogens (primary N) is 2. The Hall–Kier alpha value is -7.27. The van der Waals surface area contributed by atoms with Crippen molar-refractivity contribution < 1.29 is 32.9 Å². The zero-order valence-corrected chi connectivity index (χ0v) is 48.4. The highest BCUT2D eigenvalue weighted by Crippen LogP contribution is 2.25. The van der Waals surface area contributed by atoms with Crippen LogP contribution in [0.25, 0.3) is 0 Å². The van der Waals surface area contributed by atoms with Crippen LogP contribution in [0.15, 0.2) is 103 Å². The number of ketones is 2. The molecule has 448 valence electrons. The molecule has 1 aliphatic rings. The summed E-state index contributed by atoms with van der Waals surface area (Å²) in [7, 11) is 0. The van der Waals surface area contributed by atoms with Crippen LogP contribution < -0.4 is 43.4 Å². The summed E-state index contributed by atoms with van der Waals surface area (Å²) in [4.78, 5) is 52.2. The van der Waals surface area contributed by atoms with Crippen LogP contribution in [0.4, 0.5) is 51.5 Å². The third-order valence-electron chi connectivity index (χ3n) is 13.2. The molecule has 21 heteroatoms. The minimum atomic E-state index is -0.272. The van der Waals surface area contributed by atoms with Gasteiger partial charge in [-0.15, -0.1) is 0 Å². The number of nitrogens with zero attached hydrogens (tertiary/aromatic N) is 6. The Morgan fingerprint density at radius 2 is 0.952 bits per heavy atom. The van der Waals surface area contributed by atoms with Crippen molar-refractivity contribution in [2.45, 2.75) is 103 Å². The first kappa shape index (κ1) is 64.9. The van der Waals surface area contributed by atoms with E-state index in [-0.39, 0.29) is 17.4 Å². The van der Waals surface area contributed by atoms with Crippen molar-refractivity contribution in [3.05, 3.63) is 131 Å². The molecule has 1 saturated carbocycles. The SMILES string of the molecule is CCCCNc1nc(NCCc2ccccc2)nc(Nc2ccc(CC(=O)CCCOCCOCCN)cc2)n1.NCCOCCOCCCC(=O)Cc1ccc(Nc2nc(NCc3ccc(F)cc3)nc(NCC3CCCCC3)n2)cc1. The van der Waals surface area contributed by atoms with Gasteiger partial charge in [0.1, 0.15) is 17.4 Å². The maximum absolute atomic E-state index is 13.3. The summed E-state index contributed by atoms with van der Waals surface area (Å²) in [5.74, 6) is 3.52. The van der Waals surface area contributed by atoms with Crippen LogP contribution in [0.1, 0.15) is 99.8 Å². The van der Waals surface area contributed by atoms with Crippen molar-refractivity contribution in [2.24, 2.45) is 17.4 Å². The lowest BCUT2D eigenvalue weighted by atomic mass is 9.89. The molecular formula is C62H87FN14O6. The van der Waals surface area contributed by atoms with Crippen molar-refractivity contribution in [1.82, 2.24) is 29.9 Å². The monoisotopic (exact) mass is 1140 g/mol. The molecule has 0 bridgehead atoms. The Morgan fingerprint density at radius 3 is 1.46 bits per heavy atom. The Balaban J connectivity index is 0.000000267. The molecule has 20 nitrogen and oxygen atoms in total. The van der Waals surface area contributed by atoms with Crippen LogP contribution in [0.5, 0.6) is 0 Å². The van der Waals surface area contributed by atoms with E-state index in [1.807, 2.05) is 66.7 Å². The Labute approximate surface area is 489 Å². The summed E-state index contributed by atoms with van der Waals surface area (Å²) in [5, 5.41) is 19.8. The van der Waals surface area contributed by atoms with Gasteiger partial charge in [0.25, 0.3) is 0 Å². The summed E-state index contributed by atoms with van der Waals surface area (Å²) < 4.78 is 34.8. The fourth-order valence-corrected chi connectivity index (χ4v) is 8.79. The standard InChI is InChI=1S/C32H44FN7O3.C30H43N7O3/c33-27-12-8-26(9-13-27)23-36-31-38-30(35-22-25-5-2-1-3-6-25)39-32(40-31)37-28-14-10-24(11-15-28)21-29(41)7-4-17-42-19-20-43-18-16-34;1-2-3-17-32-28-35-29(33-18-15-24-8-5-4-6-9-24)37-30(36-28)34-26-13-11-25(12-14-26)23-27(38)10-7-19-39-21-22-40-20-16-31/h8-15,25H,1-7,16-23,34H2,(H3,35,36,37,38,39,40);4-6,8-9,11-14H,2-3,7,10,15-23,31H2,1H3,(H3,32,33,34,35,36,37). The van der Waals surface area contributed by atoms with Gasteiger partial charge < -0.3 is 62.3 Å². The number of anilines is 8. The number of benzene rings is 4. The number of carbonyl (C=O) groups excluding carboxylic acids is 2. The molecular weight excluding hydrogens is 1060 g/mol. The molecule has 1 fully saturated rings. The van der Waals surface area contributed by atoms with E-state index in [2.05, 4.69) is 80.9 Å². The molecule has 1 aliphatic carbocycles. The third-order valence-corrected chi connectivity index (χ3v) is 13.2. The highest BCUT2D eigenvalue weighted by Gasteiger charge is 2.16. The van der Waals surface area contributed by atoms with Crippen LogP contribution >= 0.6 is 0 Å². The zero-order chi connectivity index (χ0) is 58.4. The van der Waals surface area contributed by atoms with Gasteiger partial charge in [0.05, 0.1) is 39.6 Å². The summed E-state index contributed by atoms with van der Waals surface area (Å²) in [5.41, 5.74) is 16.5. The molecule has 0 aliphatic heterocycles. The van der Waals surface area contributed by atoms with Crippen LogP contribution in [0, 0.1) is 11.7 Å². The first-order chi connectivity index (χ1) is 40.7. The van der Waals surface area contributed by atoms with E-state index in [9.17, 15) is 14.0 Å². The van der Waals surface area contributed by atoms with Gasteiger partial charge >= 0.3 is 0 Å².